The van der Waals surface area contributed by atoms with Crippen molar-refractivity contribution in [2.24, 2.45) is 0 Å². The molecule has 1 aliphatic rings. The summed E-state index contributed by atoms with van der Waals surface area (Å²) in [7, 11) is -3.80. The fourth-order valence-electron chi connectivity index (χ4n) is 2.10. The predicted molar refractivity (Wildman–Crippen MR) is 83.4 cm³/mol. The first-order chi connectivity index (χ1) is 10.00. The first-order valence-electron chi connectivity index (χ1n) is 6.06. The van der Waals surface area contributed by atoms with Gasteiger partial charge in [0.25, 0.3) is 10.0 Å². The van der Waals surface area contributed by atoms with Crippen LogP contribution < -0.4 is 9.04 Å². The van der Waals surface area contributed by atoms with Gasteiger partial charge < -0.3 is 4.74 Å². The molecule has 1 aromatic heterocycles. The fraction of sp³-hybridized carbons (Fsp3) is 0.154. The summed E-state index contributed by atoms with van der Waals surface area (Å²) in [5.41, 5.74) is 0.500. The molecule has 0 unspecified atom stereocenters. The fourth-order valence-corrected chi connectivity index (χ4v) is 4.48. The normalized spacial score (nSPS) is 14.5. The minimum absolute atomic E-state index is 0.0322. The van der Waals surface area contributed by atoms with Crippen LogP contribution in [0.25, 0.3) is 0 Å². The summed E-state index contributed by atoms with van der Waals surface area (Å²) in [6, 6.07) is 8.44. The molecule has 0 amide bonds. The van der Waals surface area contributed by atoms with E-state index in [1.54, 1.807) is 24.3 Å². The van der Waals surface area contributed by atoms with Crippen LogP contribution in [0.15, 0.2) is 45.9 Å². The van der Waals surface area contributed by atoms with E-state index in [0.29, 0.717) is 15.9 Å². The number of rotatable bonds is 2. The lowest BCUT2D eigenvalue weighted by Gasteiger charge is -2.30. The minimum atomic E-state index is -3.80. The Morgan fingerprint density at radius 2 is 2.10 bits per heavy atom. The van der Waals surface area contributed by atoms with E-state index in [9.17, 15) is 8.42 Å². The number of para-hydroxylation sites is 2. The third kappa shape index (κ3) is 2.61. The van der Waals surface area contributed by atoms with Crippen molar-refractivity contribution < 1.29 is 13.2 Å². The molecule has 2 heterocycles. The number of nitrogens with zero attached hydrogens (tertiary/aromatic N) is 2. The van der Waals surface area contributed by atoms with Crippen LogP contribution in [0.2, 0.25) is 5.15 Å². The molecule has 21 heavy (non-hydrogen) atoms. The summed E-state index contributed by atoms with van der Waals surface area (Å²) >= 11 is 9.17. The third-order valence-corrected chi connectivity index (χ3v) is 5.70. The Hall–Kier alpha value is -1.31. The lowest BCUT2D eigenvalue weighted by Crippen LogP contribution is -2.38. The highest BCUT2D eigenvalue weighted by Gasteiger charge is 2.32. The maximum Gasteiger partial charge on any atom is 0.267 e. The third-order valence-electron chi connectivity index (χ3n) is 3.03. The smallest absolute Gasteiger partial charge is 0.267 e. The molecule has 3 rings (SSSR count). The van der Waals surface area contributed by atoms with Crippen LogP contribution >= 0.6 is 27.5 Å². The Bertz CT molecular complexity index is 798. The molecule has 8 heteroatoms. The number of fused-ring (bicyclic) bond motifs is 1. The molecular weight excluding hydrogens is 380 g/mol. The van der Waals surface area contributed by atoms with Gasteiger partial charge in [0, 0.05) is 10.7 Å². The maximum absolute atomic E-state index is 12.8. The maximum atomic E-state index is 12.8. The van der Waals surface area contributed by atoms with E-state index in [-0.39, 0.29) is 23.2 Å². The van der Waals surface area contributed by atoms with Crippen LogP contribution in [-0.2, 0) is 10.0 Å². The number of sulfonamides is 1. The molecule has 0 spiro atoms. The highest BCUT2D eigenvalue weighted by Crippen LogP contribution is 2.36. The van der Waals surface area contributed by atoms with Gasteiger partial charge in [0.2, 0.25) is 0 Å². The molecule has 0 N–H and O–H groups in total. The van der Waals surface area contributed by atoms with E-state index in [2.05, 4.69) is 20.9 Å². The van der Waals surface area contributed by atoms with Gasteiger partial charge in [-0.15, -0.1) is 0 Å². The molecule has 0 radical (unpaired) electrons. The van der Waals surface area contributed by atoms with Crippen molar-refractivity contribution in [2.45, 2.75) is 4.90 Å². The van der Waals surface area contributed by atoms with Gasteiger partial charge in [0.1, 0.15) is 22.4 Å². The first-order valence-corrected chi connectivity index (χ1v) is 8.67. The SMILES string of the molecule is O=S(=O)(c1cc(Br)cnc1Cl)N1CCOc2ccccc21. The number of halogens is 2. The van der Waals surface area contributed by atoms with Crippen LogP contribution in [0.5, 0.6) is 5.75 Å². The van der Waals surface area contributed by atoms with Crippen molar-refractivity contribution >= 4 is 43.2 Å². The zero-order valence-electron chi connectivity index (χ0n) is 10.7. The Morgan fingerprint density at radius 1 is 1.33 bits per heavy atom. The summed E-state index contributed by atoms with van der Waals surface area (Å²) in [5, 5.41) is -0.0535. The highest BCUT2D eigenvalue weighted by molar-refractivity contribution is 9.10. The van der Waals surface area contributed by atoms with Crippen molar-refractivity contribution in [3.8, 4) is 5.75 Å². The second-order valence-corrected chi connectivity index (χ2v) is 7.44. The largest absolute Gasteiger partial charge is 0.489 e. The first kappa shape index (κ1) is 14.6. The molecule has 0 bridgehead atoms. The van der Waals surface area contributed by atoms with Gasteiger partial charge in [0.15, 0.2) is 0 Å². The van der Waals surface area contributed by atoms with Gasteiger partial charge in [-0.2, -0.15) is 0 Å². The predicted octanol–water partition coefficient (Wildman–Crippen LogP) is 3.09. The van der Waals surface area contributed by atoms with E-state index in [4.69, 9.17) is 16.3 Å². The number of pyridine rings is 1. The van der Waals surface area contributed by atoms with Crippen molar-refractivity contribution in [2.75, 3.05) is 17.5 Å². The molecule has 2 aromatic rings. The Morgan fingerprint density at radius 3 is 2.90 bits per heavy atom. The molecule has 0 fully saturated rings. The monoisotopic (exact) mass is 388 g/mol. The van der Waals surface area contributed by atoms with Crippen LogP contribution in [0.4, 0.5) is 5.69 Å². The lowest BCUT2D eigenvalue weighted by molar-refractivity contribution is 0.316. The minimum Gasteiger partial charge on any atom is -0.489 e. The molecule has 110 valence electrons. The van der Waals surface area contributed by atoms with Gasteiger partial charge in [-0.25, -0.2) is 13.4 Å². The zero-order chi connectivity index (χ0) is 15.0. The number of ether oxygens (including phenoxy) is 1. The van der Waals surface area contributed by atoms with E-state index in [1.807, 2.05) is 0 Å². The second kappa shape index (κ2) is 5.47. The molecule has 0 atom stereocenters. The average Bonchev–Trinajstić information content (AvgIpc) is 2.49. The van der Waals surface area contributed by atoms with Crippen LogP contribution in [0.3, 0.4) is 0 Å². The quantitative estimate of drug-likeness (QED) is 0.741. The van der Waals surface area contributed by atoms with Crippen molar-refractivity contribution in [1.29, 1.82) is 0 Å². The molecular formula is C13H10BrClN2O3S. The van der Waals surface area contributed by atoms with E-state index in [1.165, 1.54) is 16.6 Å². The van der Waals surface area contributed by atoms with Gasteiger partial charge in [-0.1, -0.05) is 23.7 Å². The Kier molecular flexibility index (Phi) is 3.81. The van der Waals surface area contributed by atoms with Gasteiger partial charge in [-0.05, 0) is 34.1 Å². The molecule has 5 nitrogen and oxygen atoms in total. The van der Waals surface area contributed by atoms with E-state index >= 15 is 0 Å². The highest BCUT2D eigenvalue weighted by atomic mass is 79.9. The number of anilines is 1. The molecule has 0 saturated heterocycles. The number of benzene rings is 1. The Labute approximate surface area is 135 Å². The summed E-state index contributed by atoms with van der Waals surface area (Å²) in [6.45, 7) is 0.511. The summed E-state index contributed by atoms with van der Waals surface area (Å²) < 4.78 is 33.0. The molecule has 0 aliphatic carbocycles. The summed E-state index contributed by atoms with van der Waals surface area (Å²) in [4.78, 5) is 3.85. The van der Waals surface area contributed by atoms with Crippen molar-refractivity contribution in [1.82, 2.24) is 4.98 Å². The van der Waals surface area contributed by atoms with Crippen LogP contribution in [-0.4, -0.2) is 26.6 Å². The lowest BCUT2D eigenvalue weighted by atomic mass is 10.2. The standard InChI is InChI=1S/C13H10BrClN2O3S/c14-9-7-12(13(15)16-8-9)21(18,19)17-5-6-20-11-4-2-1-3-10(11)17/h1-4,7-8H,5-6H2. The van der Waals surface area contributed by atoms with Crippen LogP contribution in [0.1, 0.15) is 0 Å². The van der Waals surface area contributed by atoms with E-state index in [0.717, 1.165) is 0 Å². The topological polar surface area (TPSA) is 59.5 Å². The van der Waals surface area contributed by atoms with Crippen molar-refractivity contribution in [3.63, 3.8) is 0 Å². The van der Waals surface area contributed by atoms with Crippen LogP contribution in [0, 0.1) is 0 Å². The molecule has 1 aliphatic heterocycles. The second-order valence-electron chi connectivity index (χ2n) is 4.34. The Balaban J connectivity index is 2.14. The summed E-state index contributed by atoms with van der Waals surface area (Å²) in [5.74, 6) is 0.534. The van der Waals surface area contributed by atoms with Gasteiger partial charge >= 0.3 is 0 Å². The van der Waals surface area contributed by atoms with Gasteiger partial charge in [-0.3, -0.25) is 4.31 Å². The van der Waals surface area contributed by atoms with Crippen molar-refractivity contribution in [3.05, 3.63) is 46.2 Å². The van der Waals surface area contributed by atoms with Gasteiger partial charge in [0.05, 0.1) is 12.2 Å². The number of aromatic nitrogens is 1. The molecule has 1 aromatic carbocycles. The number of hydrogen-bond acceptors (Lipinski definition) is 4. The summed E-state index contributed by atoms with van der Waals surface area (Å²) in [6.07, 6.45) is 1.45. The zero-order valence-corrected chi connectivity index (χ0v) is 13.8. The average molecular weight is 390 g/mol. The van der Waals surface area contributed by atoms with E-state index < -0.39 is 10.0 Å². The molecule has 0 saturated carbocycles. The number of hydrogen-bond donors (Lipinski definition) is 0.